The number of nitrogens with zero attached hydrogens (tertiary/aromatic N) is 3. The Bertz CT molecular complexity index is 1230. The van der Waals surface area contributed by atoms with E-state index in [0.717, 1.165) is 27.4 Å². The van der Waals surface area contributed by atoms with Crippen LogP contribution in [0.5, 0.6) is 5.75 Å². The van der Waals surface area contributed by atoms with Crippen molar-refractivity contribution in [3.8, 4) is 5.75 Å². The molecule has 2 heterocycles. The summed E-state index contributed by atoms with van der Waals surface area (Å²) in [7, 11) is 0. The summed E-state index contributed by atoms with van der Waals surface area (Å²) in [5.74, 6) is 0.688. The van der Waals surface area contributed by atoms with Crippen LogP contribution in [-0.4, -0.2) is 39.0 Å². The zero-order valence-corrected chi connectivity index (χ0v) is 23.1. The molecule has 1 N–H and O–H groups in total. The second-order valence-electron chi connectivity index (χ2n) is 7.82. The van der Waals surface area contributed by atoms with Gasteiger partial charge < -0.3 is 14.8 Å². The summed E-state index contributed by atoms with van der Waals surface area (Å²) in [5.41, 5.74) is 2.24. The minimum absolute atomic E-state index is 0.0906. The molecule has 36 heavy (non-hydrogen) atoms. The molecule has 0 spiro atoms. The first-order chi connectivity index (χ1) is 17.3. The maximum Gasteiger partial charge on any atom is 0.341 e. The van der Waals surface area contributed by atoms with Gasteiger partial charge in [-0.2, -0.15) is 0 Å². The molecule has 0 aliphatic rings. The van der Waals surface area contributed by atoms with Crippen molar-refractivity contribution in [3.63, 3.8) is 0 Å². The molecule has 0 atom stereocenters. The molecular formula is C25H29ClN4O4S2. The number of benzene rings is 1. The van der Waals surface area contributed by atoms with Gasteiger partial charge in [0.15, 0.2) is 11.0 Å². The molecule has 1 aromatic carbocycles. The van der Waals surface area contributed by atoms with Crippen LogP contribution in [0.3, 0.4) is 0 Å². The standard InChI is InChI=1S/C25H29ClN4O4S2/c1-6-9-30-20(13-34-17-10-15(4)22(26)16(5)11-17)28-29-25(30)35-14-21(31)27-23-19(24(32)33-8-3)12-18(7-2)36-23/h6,10-12H,1,7-9,13-14H2,2-5H3,(H,27,31). The largest absolute Gasteiger partial charge is 0.486 e. The third-order valence-electron chi connectivity index (χ3n) is 5.10. The minimum atomic E-state index is -0.446. The number of thiophene rings is 1. The molecule has 0 aliphatic heterocycles. The lowest BCUT2D eigenvalue weighted by molar-refractivity contribution is -0.113. The first kappa shape index (κ1) is 27.8. The number of aromatic nitrogens is 3. The third kappa shape index (κ3) is 6.89. The number of esters is 1. The zero-order chi connectivity index (χ0) is 26.2. The van der Waals surface area contributed by atoms with Gasteiger partial charge in [-0.25, -0.2) is 4.79 Å². The monoisotopic (exact) mass is 548 g/mol. The van der Waals surface area contributed by atoms with E-state index < -0.39 is 5.97 Å². The fraction of sp³-hybridized carbons (Fsp3) is 0.360. The smallest absolute Gasteiger partial charge is 0.341 e. The van der Waals surface area contributed by atoms with Crippen molar-refractivity contribution in [2.24, 2.45) is 0 Å². The van der Waals surface area contributed by atoms with Crippen LogP contribution in [0.4, 0.5) is 5.00 Å². The Kier molecular flexibility index (Phi) is 9.98. The van der Waals surface area contributed by atoms with Gasteiger partial charge in [0.1, 0.15) is 17.4 Å². The van der Waals surface area contributed by atoms with Crippen LogP contribution in [0.25, 0.3) is 0 Å². The molecule has 0 saturated carbocycles. The van der Waals surface area contributed by atoms with Gasteiger partial charge in [0.2, 0.25) is 5.91 Å². The number of amides is 1. The average Bonchev–Trinajstić information content (AvgIpc) is 3.43. The molecule has 2 aromatic heterocycles. The number of rotatable bonds is 12. The molecule has 192 valence electrons. The second kappa shape index (κ2) is 12.9. The molecule has 0 fully saturated rings. The van der Waals surface area contributed by atoms with E-state index >= 15 is 0 Å². The van der Waals surface area contributed by atoms with Gasteiger partial charge in [-0.05, 0) is 56.5 Å². The van der Waals surface area contributed by atoms with E-state index in [2.05, 4.69) is 22.1 Å². The molecule has 1 amide bonds. The Labute approximate surface area is 224 Å². The van der Waals surface area contributed by atoms with Gasteiger partial charge in [-0.3, -0.25) is 9.36 Å². The molecule has 0 radical (unpaired) electrons. The minimum Gasteiger partial charge on any atom is -0.486 e. The summed E-state index contributed by atoms with van der Waals surface area (Å²) in [6.45, 7) is 12.3. The predicted molar refractivity (Wildman–Crippen MR) is 144 cm³/mol. The van der Waals surface area contributed by atoms with Gasteiger partial charge in [-0.15, -0.1) is 28.1 Å². The van der Waals surface area contributed by atoms with Crippen molar-refractivity contribution in [2.45, 2.75) is 52.4 Å². The number of hydrogen-bond donors (Lipinski definition) is 1. The van der Waals surface area contributed by atoms with Gasteiger partial charge in [0, 0.05) is 16.4 Å². The van der Waals surface area contributed by atoms with Crippen LogP contribution in [0.1, 0.15) is 46.0 Å². The summed E-state index contributed by atoms with van der Waals surface area (Å²) in [5, 5.41) is 13.1. The third-order valence-corrected chi connectivity index (χ3v) is 7.85. The summed E-state index contributed by atoms with van der Waals surface area (Å²) >= 11 is 8.86. The van der Waals surface area contributed by atoms with Crippen molar-refractivity contribution in [3.05, 3.63) is 63.3 Å². The highest BCUT2D eigenvalue weighted by Gasteiger charge is 2.20. The van der Waals surface area contributed by atoms with E-state index in [4.69, 9.17) is 21.1 Å². The first-order valence-electron chi connectivity index (χ1n) is 11.4. The maximum absolute atomic E-state index is 12.7. The van der Waals surface area contributed by atoms with E-state index in [1.807, 2.05) is 37.5 Å². The number of nitrogens with one attached hydrogen (secondary N) is 1. The van der Waals surface area contributed by atoms with Crippen LogP contribution in [0.15, 0.2) is 36.0 Å². The molecular weight excluding hydrogens is 520 g/mol. The number of halogens is 1. The molecule has 0 aliphatic carbocycles. The van der Waals surface area contributed by atoms with E-state index in [0.29, 0.717) is 33.8 Å². The predicted octanol–water partition coefficient (Wildman–Crippen LogP) is 5.84. The second-order valence-corrected chi connectivity index (χ2v) is 10.3. The summed E-state index contributed by atoms with van der Waals surface area (Å²) in [6.07, 6.45) is 2.49. The maximum atomic E-state index is 12.7. The lowest BCUT2D eigenvalue weighted by atomic mass is 10.1. The Morgan fingerprint density at radius 3 is 2.58 bits per heavy atom. The molecule has 3 rings (SSSR count). The molecule has 3 aromatic rings. The van der Waals surface area contributed by atoms with Gasteiger partial charge in [0.05, 0.1) is 17.9 Å². The zero-order valence-electron chi connectivity index (χ0n) is 20.7. The van der Waals surface area contributed by atoms with E-state index in [1.54, 1.807) is 19.1 Å². The number of thioether (sulfide) groups is 1. The summed E-state index contributed by atoms with van der Waals surface area (Å²) in [4.78, 5) is 26.0. The summed E-state index contributed by atoms with van der Waals surface area (Å²) in [6, 6.07) is 5.52. The number of carbonyl (C=O) groups excluding carboxylic acids is 2. The highest BCUT2D eigenvalue weighted by molar-refractivity contribution is 7.99. The molecule has 0 unspecified atom stereocenters. The SMILES string of the molecule is C=CCn1c(COc2cc(C)c(Cl)c(C)c2)nnc1SCC(=O)Nc1sc(CC)cc1C(=O)OCC. The number of allylic oxidation sites excluding steroid dienone is 1. The van der Waals surface area contributed by atoms with E-state index in [9.17, 15) is 9.59 Å². The van der Waals surface area contributed by atoms with Gasteiger partial charge >= 0.3 is 5.97 Å². The fourth-order valence-corrected chi connectivity index (χ4v) is 5.22. The van der Waals surface area contributed by atoms with Crippen molar-refractivity contribution < 1.29 is 19.1 Å². The Hall–Kier alpha value is -2.82. The molecule has 8 nitrogen and oxygen atoms in total. The summed E-state index contributed by atoms with van der Waals surface area (Å²) < 4.78 is 12.9. The quantitative estimate of drug-likeness (QED) is 0.172. The van der Waals surface area contributed by atoms with Gasteiger partial charge in [0.25, 0.3) is 0 Å². The number of carbonyl (C=O) groups is 2. The number of hydrogen-bond acceptors (Lipinski definition) is 8. The fourth-order valence-electron chi connectivity index (χ4n) is 3.34. The number of anilines is 1. The van der Waals surface area contributed by atoms with E-state index in [1.165, 1.54) is 23.1 Å². The Morgan fingerprint density at radius 2 is 1.94 bits per heavy atom. The Morgan fingerprint density at radius 1 is 1.22 bits per heavy atom. The van der Waals surface area contributed by atoms with E-state index in [-0.39, 0.29) is 24.9 Å². The first-order valence-corrected chi connectivity index (χ1v) is 13.6. The van der Waals surface area contributed by atoms with Crippen molar-refractivity contribution in [1.82, 2.24) is 14.8 Å². The molecule has 11 heteroatoms. The van der Waals surface area contributed by atoms with Crippen LogP contribution in [-0.2, 0) is 29.1 Å². The van der Waals surface area contributed by atoms with Crippen molar-refractivity contribution in [2.75, 3.05) is 17.7 Å². The van der Waals surface area contributed by atoms with Crippen LogP contribution in [0, 0.1) is 13.8 Å². The van der Waals surface area contributed by atoms with Crippen LogP contribution in [0.2, 0.25) is 5.02 Å². The van der Waals surface area contributed by atoms with Crippen LogP contribution >= 0.6 is 34.7 Å². The normalized spacial score (nSPS) is 10.8. The van der Waals surface area contributed by atoms with Gasteiger partial charge in [-0.1, -0.05) is 36.4 Å². The number of aryl methyl sites for hydroxylation is 3. The van der Waals surface area contributed by atoms with Crippen LogP contribution < -0.4 is 10.1 Å². The van der Waals surface area contributed by atoms with Crippen molar-refractivity contribution in [1.29, 1.82) is 0 Å². The number of ether oxygens (including phenoxy) is 2. The van der Waals surface area contributed by atoms with Crippen molar-refractivity contribution >= 4 is 51.6 Å². The topological polar surface area (TPSA) is 95.3 Å². The lowest BCUT2D eigenvalue weighted by Crippen LogP contribution is -2.16. The molecule has 0 saturated heterocycles. The molecule has 0 bridgehead atoms. The Balaban J connectivity index is 1.66. The highest BCUT2D eigenvalue weighted by atomic mass is 35.5. The highest BCUT2D eigenvalue weighted by Crippen LogP contribution is 2.30. The average molecular weight is 549 g/mol. The lowest BCUT2D eigenvalue weighted by Gasteiger charge is -2.11.